The van der Waals surface area contributed by atoms with E-state index in [0.29, 0.717) is 0 Å². The average molecular weight is 715 g/mol. The van der Waals surface area contributed by atoms with Crippen molar-refractivity contribution in [3.8, 4) is 0 Å². The number of aliphatic hydroxyl groups is 1. The number of halogens is 2. The van der Waals surface area contributed by atoms with E-state index >= 15 is 0 Å². The van der Waals surface area contributed by atoms with Crippen LogP contribution in [0.2, 0.25) is 0 Å². The van der Waals surface area contributed by atoms with E-state index in [9.17, 15) is 19.5 Å². The molecule has 0 fully saturated rings. The number of carbonyl (C=O) groups is 4. The molecule has 11 nitrogen and oxygen atoms in total. The van der Waals surface area contributed by atoms with Crippen LogP contribution in [0.5, 0.6) is 0 Å². The summed E-state index contributed by atoms with van der Waals surface area (Å²) >= 11 is 0. The lowest BCUT2D eigenvalue weighted by Gasteiger charge is -2.20. The van der Waals surface area contributed by atoms with Crippen LogP contribution in [0.4, 0.5) is 0 Å². The Morgan fingerprint density at radius 2 is 0.979 bits per heavy atom. The van der Waals surface area contributed by atoms with E-state index in [4.69, 9.17) is 31.8 Å². The summed E-state index contributed by atoms with van der Waals surface area (Å²) in [6, 6.07) is 29.1. The molecule has 0 aliphatic heterocycles. The van der Waals surface area contributed by atoms with Gasteiger partial charge < -0.3 is 36.9 Å². The number of hydrogen-bond acceptors (Lipinski definition) is 10. The van der Waals surface area contributed by atoms with Crippen LogP contribution in [0, 0.1) is 0 Å². The van der Waals surface area contributed by atoms with Gasteiger partial charge in [-0.2, -0.15) is 0 Å². The summed E-state index contributed by atoms with van der Waals surface area (Å²) in [6.07, 6.45) is 0.0748. The number of esters is 3. The zero-order valence-corrected chi connectivity index (χ0v) is 30.3. The Balaban J connectivity index is -0.000000261. The first kappa shape index (κ1) is 51.0. The molecule has 3 aromatic carbocycles. The SMILES string of the molecule is CC(=O)O.CC(=O)OC(C)=O.CC(=O)OC(c1ccccc1)C(C)N.CC(N)C(O)c1ccccc1.CC(N)Cc1ccccc1.Cl.Cl. The van der Waals surface area contributed by atoms with Crippen LogP contribution >= 0.6 is 24.8 Å². The van der Waals surface area contributed by atoms with Gasteiger partial charge >= 0.3 is 17.9 Å². The lowest BCUT2D eigenvalue weighted by Crippen LogP contribution is -2.28. The summed E-state index contributed by atoms with van der Waals surface area (Å²) in [5.41, 5.74) is 20.0. The number of aliphatic hydroxyl groups excluding tert-OH is 1. The van der Waals surface area contributed by atoms with Crippen LogP contribution in [0.3, 0.4) is 0 Å². The molecule has 0 bridgehead atoms. The Morgan fingerprint density at radius 1 is 0.625 bits per heavy atom. The number of carboxylic acids is 1. The summed E-state index contributed by atoms with van der Waals surface area (Å²) in [4.78, 5) is 39.5. The minimum atomic E-state index is -0.833. The Hall–Kier alpha value is -3.84. The molecule has 5 unspecified atom stereocenters. The second-order valence-corrected chi connectivity index (χ2v) is 10.3. The topological polar surface area (TPSA) is 205 Å². The summed E-state index contributed by atoms with van der Waals surface area (Å²) in [6.45, 7) is 10.5. The minimum Gasteiger partial charge on any atom is -0.481 e. The highest BCUT2D eigenvalue weighted by Gasteiger charge is 2.18. The molecule has 0 amide bonds. The zero-order valence-electron chi connectivity index (χ0n) is 28.6. The fraction of sp³-hybridized carbons (Fsp3) is 0.371. The molecular weight excluding hydrogens is 661 g/mol. The highest BCUT2D eigenvalue weighted by atomic mass is 35.5. The smallest absolute Gasteiger partial charge is 0.310 e. The van der Waals surface area contributed by atoms with Crippen LogP contribution in [-0.4, -0.2) is 52.2 Å². The second kappa shape index (κ2) is 30.5. The van der Waals surface area contributed by atoms with E-state index in [1.165, 1.54) is 26.3 Å². The van der Waals surface area contributed by atoms with Crippen molar-refractivity contribution in [1.29, 1.82) is 0 Å². The van der Waals surface area contributed by atoms with E-state index in [1.807, 2.05) is 92.7 Å². The van der Waals surface area contributed by atoms with E-state index in [0.717, 1.165) is 24.5 Å². The lowest BCUT2D eigenvalue weighted by atomic mass is 10.0. The second-order valence-electron chi connectivity index (χ2n) is 10.3. The summed E-state index contributed by atoms with van der Waals surface area (Å²) < 4.78 is 9.11. The highest BCUT2D eigenvalue weighted by Crippen LogP contribution is 2.20. The molecule has 13 heteroatoms. The van der Waals surface area contributed by atoms with E-state index in [1.54, 1.807) is 6.92 Å². The van der Waals surface area contributed by atoms with Gasteiger partial charge in [-0.25, -0.2) is 0 Å². The van der Waals surface area contributed by atoms with Crippen LogP contribution in [0.1, 0.15) is 77.4 Å². The van der Waals surface area contributed by atoms with E-state index in [-0.39, 0.29) is 55.0 Å². The van der Waals surface area contributed by atoms with Gasteiger partial charge in [-0.05, 0) is 43.9 Å². The van der Waals surface area contributed by atoms with Gasteiger partial charge in [0.25, 0.3) is 5.97 Å². The van der Waals surface area contributed by atoms with Crippen molar-refractivity contribution in [3.05, 3.63) is 108 Å². The van der Waals surface area contributed by atoms with Gasteiger partial charge in [-0.3, -0.25) is 19.2 Å². The van der Waals surface area contributed by atoms with Crippen molar-refractivity contribution >= 4 is 48.7 Å². The number of benzene rings is 3. The molecule has 5 atom stereocenters. The number of hydrogen-bond donors (Lipinski definition) is 5. The summed E-state index contributed by atoms with van der Waals surface area (Å²) in [5, 5.41) is 16.9. The fourth-order valence-electron chi connectivity index (χ4n) is 3.44. The predicted molar refractivity (Wildman–Crippen MR) is 194 cm³/mol. The van der Waals surface area contributed by atoms with Crippen molar-refractivity contribution in [2.45, 2.75) is 85.2 Å². The van der Waals surface area contributed by atoms with Crippen molar-refractivity contribution in [2.75, 3.05) is 0 Å². The van der Waals surface area contributed by atoms with Crippen LogP contribution in [-0.2, 0) is 35.1 Å². The van der Waals surface area contributed by atoms with E-state index in [2.05, 4.69) is 16.9 Å². The predicted octanol–water partition coefficient (Wildman–Crippen LogP) is 5.31. The molecule has 0 saturated carbocycles. The monoisotopic (exact) mass is 713 g/mol. The summed E-state index contributed by atoms with van der Waals surface area (Å²) in [7, 11) is 0. The van der Waals surface area contributed by atoms with Crippen molar-refractivity contribution < 1.29 is 38.9 Å². The van der Waals surface area contributed by atoms with Gasteiger partial charge in [-0.1, -0.05) is 91.0 Å². The number of aliphatic carboxylic acids is 1. The molecule has 0 aromatic heterocycles. The van der Waals surface area contributed by atoms with Crippen LogP contribution < -0.4 is 17.2 Å². The van der Waals surface area contributed by atoms with Gasteiger partial charge in [0.05, 0.1) is 6.10 Å². The minimum absolute atomic E-state index is 0. The van der Waals surface area contributed by atoms with Gasteiger partial charge in [0.1, 0.15) is 6.10 Å². The normalized spacial score (nSPS) is 12.2. The zero-order chi connectivity index (χ0) is 35.7. The molecule has 0 heterocycles. The van der Waals surface area contributed by atoms with E-state index < -0.39 is 24.0 Å². The van der Waals surface area contributed by atoms with Gasteiger partial charge in [-0.15, -0.1) is 24.8 Å². The molecule has 3 aromatic rings. The molecule has 3 rings (SSSR count). The third-order valence-electron chi connectivity index (χ3n) is 5.23. The Kier molecular flexibility index (Phi) is 32.4. The van der Waals surface area contributed by atoms with Crippen molar-refractivity contribution in [2.24, 2.45) is 17.2 Å². The molecule has 0 spiro atoms. The molecule has 48 heavy (non-hydrogen) atoms. The maximum atomic E-state index is 10.9. The first-order valence-corrected chi connectivity index (χ1v) is 14.6. The molecule has 0 radical (unpaired) electrons. The Bertz CT molecular complexity index is 1230. The first-order valence-electron chi connectivity index (χ1n) is 14.6. The molecule has 8 N–H and O–H groups in total. The van der Waals surface area contributed by atoms with Crippen molar-refractivity contribution in [1.82, 2.24) is 0 Å². The first-order chi connectivity index (χ1) is 21.5. The number of ether oxygens (including phenoxy) is 2. The molecule has 0 aliphatic carbocycles. The number of rotatable bonds is 7. The maximum absolute atomic E-state index is 10.9. The summed E-state index contributed by atoms with van der Waals surface area (Å²) in [5.74, 6) is -2.27. The average Bonchev–Trinajstić information content (AvgIpc) is 2.96. The third kappa shape index (κ3) is 30.8. The van der Waals surface area contributed by atoms with Crippen LogP contribution in [0.25, 0.3) is 0 Å². The Morgan fingerprint density at radius 3 is 1.25 bits per heavy atom. The molecule has 0 aliphatic rings. The van der Waals surface area contributed by atoms with Crippen molar-refractivity contribution in [3.63, 3.8) is 0 Å². The maximum Gasteiger partial charge on any atom is 0.310 e. The van der Waals surface area contributed by atoms with Crippen LogP contribution in [0.15, 0.2) is 91.0 Å². The standard InChI is InChI=1S/C11H15NO2.C9H13NO.C9H13N.C4H6O3.C2H4O2.2ClH/c1-8(12)11(14-9(2)13)10-6-4-3-5-7-10;1-7(10)9(11)8-5-3-2-4-6-8;1-8(10)7-9-5-3-2-4-6-9;1-3(5)7-4(2)6;1-2(3)4;;/h3-8,11H,12H2,1-2H3;2-7,9,11H,10H2,1H3;2-6,8H,7,10H2,1H3;1-2H3;1H3,(H,3,4);2*1H. The molecule has 0 saturated heterocycles. The number of nitrogens with two attached hydrogens (primary N) is 3. The fourth-order valence-corrected chi connectivity index (χ4v) is 3.44. The van der Waals surface area contributed by atoms with Gasteiger partial charge in [0, 0.05) is 45.8 Å². The number of carbonyl (C=O) groups excluding carboxylic acids is 3. The number of carboxylic acid groups (broad SMARTS) is 1. The largest absolute Gasteiger partial charge is 0.481 e. The quantitative estimate of drug-likeness (QED) is 0.157. The van der Waals surface area contributed by atoms with Gasteiger partial charge in [0.2, 0.25) is 0 Å². The molecule has 270 valence electrons. The lowest BCUT2D eigenvalue weighted by molar-refractivity contribution is -0.156. The Labute approximate surface area is 297 Å². The highest BCUT2D eigenvalue weighted by molar-refractivity contribution is 5.85. The van der Waals surface area contributed by atoms with Gasteiger partial charge in [0.15, 0.2) is 0 Å². The molecular formula is C35H53Cl2N3O8. The third-order valence-corrected chi connectivity index (χ3v) is 5.23.